The largest absolute Gasteiger partial charge is 0.462 e. The third kappa shape index (κ3) is 5.34. The Balaban J connectivity index is 3.14. The number of ether oxygens (including phenoxy) is 1. The second-order valence-electron chi connectivity index (χ2n) is 5.26. The molecule has 0 aromatic heterocycles. The molecule has 1 rings (SSSR count). The standard InChI is InChI=1S/C16H22O4S/c1-5-20-16(17)15(11-6-12(2)3)13-7-9-14(10-8-13)21(4,18)19/h7-12H,5-6H2,1-4H3/b15-11+. The van der Waals surface area contributed by atoms with E-state index in [0.29, 0.717) is 23.7 Å². The van der Waals surface area contributed by atoms with Crippen LogP contribution in [0.25, 0.3) is 5.57 Å². The molecule has 5 heteroatoms. The van der Waals surface area contributed by atoms with Crippen molar-refractivity contribution in [1.82, 2.24) is 0 Å². The summed E-state index contributed by atoms with van der Waals surface area (Å²) in [6, 6.07) is 6.29. The van der Waals surface area contributed by atoms with E-state index in [0.717, 1.165) is 12.7 Å². The van der Waals surface area contributed by atoms with Gasteiger partial charge in [0, 0.05) is 6.26 Å². The van der Waals surface area contributed by atoms with Crippen molar-refractivity contribution in [2.45, 2.75) is 32.1 Å². The van der Waals surface area contributed by atoms with Gasteiger partial charge in [0.2, 0.25) is 0 Å². The highest BCUT2D eigenvalue weighted by Crippen LogP contribution is 2.21. The third-order valence-corrected chi connectivity index (χ3v) is 4.01. The van der Waals surface area contributed by atoms with Crippen LogP contribution in [0.15, 0.2) is 35.2 Å². The maximum atomic E-state index is 12.0. The van der Waals surface area contributed by atoms with Crippen molar-refractivity contribution in [1.29, 1.82) is 0 Å². The van der Waals surface area contributed by atoms with Crippen LogP contribution in [-0.2, 0) is 19.4 Å². The van der Waals surface area contributed by atoms with Crippen molar-refractivity contribution in [2.75, 3.05) is 12.9 Å². The van der Waals surface area contributed by atoms with E-state index in [1.165, 1.54) is 12.1 Å². The molecular formula is C16H22O4S. The van der Waals surface area contributed by atoms with Gasteiger partial charge in [0.25, 0.3) is 0 Å². The van der Waals surface area contributed by atoms with Crippen molar-refractivity contribution >= 4 is 21.4 Å². The molecule has 0 saturated carbocycles. The van der Waals surface area contributed by atoms with E-state index in [4.69, 9.17) is 4.74 Å². The van der Waals surface area contributed by atoms with Crippen LogP contribution in [-0.4, -0.2) is 27.2 Å². The lowest BCUT2D eigenvalue weighted by Gasteiger charge is -2.09. The number of hydrogen-bond acceptors (Lipinski definition) is 4. The molecule has 0 heterocycles. The van der Waals surface area contributed by atoms with Crippen molar-refractivity contribution in [3.8, 4) is 0 Å². The van der Waals surface area contributed by atoms with Crippen molar-refractivity contribution in [2.24, 2.45) is 5.92 Å². The van der Waals surface area contributed by atoms with Gasteiger partial charge in [-0.05, 0) is 37.0 Å². The number of carbonyl (C=O) groups excluding carboxylic acids is 1. The molecule has 0 bridgehead atoms. The summed E-state index contributed by atoms with van der Waals surface area (Å²) in [7, 11) is -3.24. The van der Waals surface area contributed by atoms with Crippen LogP contribution >= 0.6 is 0 Å². The average Bonchev–Trinajstić information content (AvgIpc) is 2.38. The Labute approximate surface area is 126 Å². The van der Waals surface area contributed by atoms with Crippen LogP contribution in [0.2, 0.25) is 0 Å². The molecule has 4 nitrogen and oxygen atoms in total. The summed E-state index contributed by atoms with van der Waals surface area (Å²) in [5.74, 6) is 0.0370. The summed E-state index contributed by atoms with van der Waals surface area (Å²) in [5.41, 5.74) is 1.15. The minimum absolute atomic E-state index is 0.235. The molecule has 0 aliphatic heterocycles. The predicted molar refractivity (Wildman–Crippen MR) is 83.6 cm³/mol. The van der Waals surface area contributed by atoms with Gasteiger partial charge in [0.15, 0.2) is 9.84 Å². The maximum Gasteiger partial charge on any atom is 0.338 e. The summed E-state index contributed by atoms with van der Waals surface area (Å²) in [4.78, 5) is 12.3. The van der Waals surface area contributed by atoms with Crippen LogP contribution in [0.4, 0.5) is 0 Å². The van der Waals surface area contributed by atoms with E-state index < -0.39 is 9.84 Å². The molecule has 0 spiro atoms. The monoisotopic (exact) mass is 310 g/mol. The minimum atomic E-state index is -3.24. The number of sulfone groups is 1. The van der Waals surface area contributed by atoms with E-state index >= 15 is 0 Å². The highest BCUT2D eigenvalue weighted by atomic mass is 32.2. The van der Waals surface area contributed by atoms with Gasteiger partial charge < -0.3 is 4.74 Å². The normalized spacial score (nSPS) is 12.5. The fourth-order valence-corrected chi connectivity index (χ4v) is 2.39. The lowest BCUT2D eigenvalue weighted by Crippen LogP contribution is -2.07. The zero-order valence-corrected chi connectivity index (χ0v) is 13.7. The lowest BCUT2D eigenvalue weighted by molar-refractivity contribution is -0.136. The van der Waals surface area contributed by atoms with Gasteiger partial charge in [-0.1, -0.05) is 32.1 Å². The second-order valence-corrected chi connectivity index (χ2v) is 7.28. The summed E-state index contributed by atoms with van der Waals surface area (Å²) in [6.45, 7) is 6.18. The fourth-order valence-electron chi connectivity index (χ4n) is 1.76. The SMILES string of the molecule is CCOC(=O)/C(=C/CC(C)C)c1ccc(S(C)(=O)=O)cc1. The second kappa shape index (κ2) is 7.41. The first-order valence-corrected chi connectivity index (χ1v) is 8.82. The Bertz CT molecular complexity index is 610. The van der Waals surface area contributed by atoms with Crippen LogP contribution in [0.5, 0.6) is 0 Å². The molecule has 1 aromatic rings. The van der Waals surface area contributed by atoms with E-state index in [9.17, 15) is 13.2 Å². The maximum absolute atomic E-state index is 12.0. The van der Waals surface area contributed by atoms with E-state index in [1.54, 1.807) is 19.1 Å². The van der Waals surface area contributed by atoms with Crippen molar-refractivity contribution < 1.29 is 17.9 Å². The van der Waals surface area contributed by atoms with Crippen LogP contribution in [0, 0.1) is 5.92 Å². The van der Waals surface area contributed by atoms with Gasteiger partial charge in [-0.2, -0.15) is 0 Å². The Morgan fingerprint density at radius 3 is 2.24 bits per heavy atom. The number of allylic oxidation sites excluding steroid dienone is 1. The minimum Gasteiger partial charge on any atom is -0.462 e. The molecule has 1 aromatic carbocycles. The van der Waals surface area contributed by atoms with Gasteiger partial charge in [-0.15, -0.1) is 0 Å². The highest BCUT2D eigenvalue weighted by molar-refractivity contribution is 7.90. The van der Waals surface area contributed by atoms with Gasteiger partial charge in [-0.3, -0.25) is 0 Å². The molecule has 0 aliphatic rings. The third-order valence-electron chi connectivity index (χ3n) is 2.88. The number of esters is 1. The van der Waals surface area contributed by atoms with Gasteiger partial charge >= 0.3 is 5.97 Å². The molecule has 0 saturated heterocycles. The Hall–Kier alpha value is -1.62. The summed E-state index contributed by atoms with van der Waals surface area (Å²) in [6.07, 6.45) is 3.75. The molecular weight excluding hydrogens is 288 g/mol. The van der Waals surface area contributed by atoms with Gasteiger partial charge in [0.1, 0.15) is 0 Å². The zero-order valence-electron chi connectivity index (χ0n) is 12.9. The molecule has 0 aliphatic carbocycles. The van der Waals surface area contributed by atoms with Gasteiger partial charge in [-0.25, -0.2) is 13.2 Å². The first kappa shape index (κ1) is 17.4. The molecule has 0 unspecified atom stereocenters. The van der Waals surface area contributed by atoms with Crippen LogP contribution in [0.3, 0.4) is 0 Å². The topological polar surface area (TPSA) is 60.4 Å². The van der Waals surface area contributed by atoms with Crippen molar-refractivity contribution in [3.63, 3.8) is 0 Å². The number of benzene rings is 1. The van der Waals surface area contributed by atoms with E-state index in [1.807, 2.05) is 6.08 Å². The first-order valence-electron chi connectivity index (χ1n) is 6.93. The molecule has 116 valence electrons. The van der Waals surface area contributed by atoms with E-state index in [2.05, 4.69) is 13.8 Å². The Kier molecular flexibility index (Phi) is 6.15. The summed E-state index contributed by atoms with van der Waals surface area (Å²) in [5, 5.41) is 0. The molecule has 0 N–H and O–H groups in total. The summed E-state index contributed by atoms with van der Waals surface area (Å²) < 4.78 is 28.0. The zero-order chi connectivity index (χ0) is 16.0. The van der Waals surface area contributed by atoms with Gasteiger partial charge in [0.05, 0.1) is 17.1 Å². The number of hydrogen-bond donors (Lipinski definition) is 0. The van der Waals surface area contributed by atoms with Crippen molar-refractivity contribution in [3.05, 3.63) is 35.9 Å². The summed E-state index contributed by atoms with van der Waals surface area (Å²) >= 11 is 0. The fraction of sp³-hybridized carbons (Fsp3) is 0.438. The van der Waals surface area contributed by atoms with E-state index in [-0.39, 0.29) is 10.9 Å². The number of rotatable bonds is 6. The van der Waals surface area contributed by atoms with Crippen LogP contribution < -0.4 is 0 Å². The molecule has 0 atom stereocenters. The molecule has 21 heavy (non-hydrogen) atoms. The smallest absolute Gasteiger partial charge is 0.338 e. The quantitative estimate of drug-likeness (QED) is 0.598. The Morgan fingerprint density at radius 2 is 1.81 bits per heavy atom. The highest BCUT2D eigenvalue weighted by Gasteiger charge is 2.14. The first-order chi connectivity index (χ1) is 9.75. The van der Waals surface area contributed by atoms with Crippen LogP contribution in [0.1, 0.15) is 32.8 Å². The molecule has 0 amide bonds. The predicted octanol–water partition coefficient (Wildman–Crippen LogP) is 3.08. The average molecular weight is 310 g/mol. The molecule has 0 fully saturated rings. The lowest BCUT2D eigenvalue weighted by atomic mass is 10.0. The Morgan fingerprint density at radius 1 is 1.24 bits per heavy atom. The number of carbonyl (C=O) groups is 1. The molecule has 0 radical (unpaired) electrons.